The number of rotatable bonds is 5. The van der Waals surface area contributed by atoms with E-state index in [9.17, 15) is 9.59 Å². The van der Waals surface area contributed by atoms with Crippen LogP contribution in [0.3, 0.4) is 0 Å². The van der Waals surface area contributed by atoms with Crippen molar-refractivity contribution in [1.29, 1.82) is 0 Å². The van der Waals surface area contributed by atoms with Gasteiger partial charge in [-0.3, -0.25) is 10.1 Å². The number of hydrogen-bond donors (Lipinski definition) is 4. The van der Waals surface area contributed by atoms with Crippen molar-refractivity contribution in [3.8, 4) is 0 Å². The van der Waals surface area contributed by atoms with Crippen LogP contribution < -0.4 is 22.1 Å². The molecule has 1 aromatic rings. The molecule has 1 heterocycles. The Morgan fingerprint density at radius 1 is 1.20 bits per heavy atom. The summed E-state index contributed by atoms with van der Waals surface area (Å²) in [7, 11) is 0. The molecule has 4 atom stereocenters. The molecular weight excluding hydrogens is 342 g/mol. The quantitative estimate of drug-likeness (QED) is 0.559. The third kappa shape index (κ3) is 4.50. The van der Waals surface area contributed by atoms with Crippen LogP contribution in [0.15, 0.2) is 5.16 Å². The van der Waals surface area contributed by atoms with Crippen molar-refractivity contribution in [3.05, 3.63) is 0 Å². The van der Waals surface area contributed by atoms with Gasteiger partial charge in [-0.2, -0.15) is 15.0 Å². The van der Waals surface area contributed by atoms with Crippen LogP contribution >= 0.6 is 11.8 Å². The van der Waals surface area contributed by atoms with Gasteiger partial charge in [0.2, 0.25) is 17.8 Å². The molecule has 3 rings (SSSR count). The number of carbonyl (C=O) groups is 2. The van der Waals surface area contributed by atoms with E-state index in [-0.39, 0.29) is 28.8 Å². The van der Waals surface area contributed by atoms with Crippen molar-refractivity contribution in [2.75, 3.05) is 17.2 Å². The fraction of sp³-hybridized carbons (Fsp3) is 0.667. The normalized spacial score (nSPS) is 25.6. The van der Waals surface area contributed by atoms with Crippen molar-refractivity contribution in [2.45, 2.75) is 43.8 Å². The average molecular weight is 365 g/mol. The van der Waals surface area contributed by atoms with E-state index in [2.05, 4.69) is 25.6 Å². The second-order valence-corrected chi connectivity index (χ2v) is 7.71. The summed E-state index contributed by atoms with van der Waals surface area (Å²) in [4.78, 5) is 35.3. The lowest BCUT2D eigenvalue weighted by atomic mass is 9.84. The molecule has 2 fully saturated rings. The summed E-state index contributed by atoms with van der Waals surface area (Å²) >= 11 is 1.04. The number of amides is 3. The Labute approximate surface area is 150 Å². The summed E-state index contributed by atoms with van der Waals surface area (Å²) < 4.78 is 0. The zero-order valence-electron chi connectivity index (χ0n) is 14.1. The Morgan fingerprint density at radius 2 is 1.92 bits per heavy atom. The van der Waals surface area contributed by atoms with E-state index in [1.165, 1.54) is 25.7 Å². The lowest BCUT2D eigenvalue weighted by Gasteiger charge is -2.28. The van der Waals surface area contributed by atoms with E-state index in [1.54, 1.807) is 0 Å². The lowest BCUT2D eigenvalue weighted by molar-refractivity contribution is -0.117. The van der Waals surface area contributed by atoms with Crippen LogP contribution in [0.1, 0.15) is 32.6 Å². The first-order chi connectivity index (χ1) is 11.9. The van der Waals surface area contributed by atoms with Gasteiger partial charge in [-0.1, -0.05) is 18.2 Å². The zero-order valence-corrected chi connectivity index (χ0v) is 14.9. The SMILES string of the molecule is CC(NC(=O)NC(=O)CSc1nc(N)nc(N)n1)C1CC2CCC1C2. The summed E-state index contributed by atoms with van der Waals surface area (Å²) in [5.74, 6) is 1.59. The smallest absolute Gasteiger partial charge is 0.321 e. The van der Waals surface area contributed by atoms with Crippen molar-refractivity contribution in [1.82, 2.24) is 25.6 Å². The minimum Gasteiger partial charge on any atom is -0.368 e. The van der Waals surface area contributed by atoms with Crippen LogP contribution in [-0.2, 0) is 4.79 Å². The number of anilines is 2. The summed E-state index contributed by atoms with van der Waals surface area (Å²) in [5, 5.41) is 5.47. The van der Waals surface area contributed by atoms with Crippen LogP contribution in [0.2, 0.25) is 0 Å². The first-order valence-corrected chi connectivity index (χ1v) is 9.39. The molecule has 3 amide bonds. The average Bonchev–Trinajstić information content (AvgIpc) is 3.15. The molecule has 2 saturated carbocycles. The third-order valence-electron chi connectivity index (χ3n) is 5.03. The number of fused-ring (bicyclic) bond motifs is 2. The second-order valence-electron chi connectivity index (χ2n) is 6.77. The minimum absolute atomic E-state index is 0.00663. The van der Waals surface area contributed by atoms with Gasteiger partial charge in [-0.05, 0) is 43.9 Å². The van der Waals surface area contributed by atoms with Gasteiger partial charge in [0.1, 0.15) is 0 Å². The van der Waals surface area contributed by atoms with E-state index in [0.717, 1.165) is 17.7 Å². The molecule has 9 nitrogen and oxygen atoms in total. The van der Waals surface area contributed by atoms with Crippen LogP contribution in [0.25, 0.3) is 0 Å². The third-order valence-corrected chi connectivity index (χ3v) is 5.88. The summed E-state index contributed by atoms with van der Waals surface area (Å²) in [5.41, 5.74) is 10.9. The highest BCUT2D eigenvalue weighted by Crippen LogP contribution is 2.49. The molecule has 4 unspecified atom stereocenters. The zero-order chi connectivity index (χ0) is 18.0. The van der Waals surface area contributed by atoms with Crippen LogP contribution in [0, 0.1) is 17.8 Å². The predicted molar refractivity (Wildman–Crippen MR) is 94.5 cm³/mol. The molecule has 0 saturated heterocycles. The summed E-state index contributed by atoms with van der Waals surface area (Å²) in [6, 6.07) is -0.394. The van der Waals surface area contributed by atoms with E-state index in [0.29, 0.717) is 11.8 Å². The Kier molecular flexibility index (Phi) is 5.26. The van der Waals surface area contributed by atoms with Crippen molar-refractivity contribution in [3.63, 3.8) is 0 Å². The molecular formula is C15H23N7O2S. The Hall–Kier alpha value is -2.10. The number of hydrogen-bond acceptors (Lipinski definition) is 8. The largest absolute Gasteiger partial charge is 0.368 e. The summed E-state index contributed by atoms with van der Waals surface area (Å²) in [6.07, 6.45) is 5.04. The number of nitrogen functional groups attached to an aromatic ring is 2. The molecule has 1 aromatic heterocycles. The standard InChI is InChI=1S/C15H23N7O2S/c1-7(10-5-8-2-3-9(10)4-8)18-14(24)19-11(23)6-25-15-21-12(16)20-13(17)22-15/h7-10H,2-6H2,1H3,(H2,18,19,23,24)(H4,16,17,20,21,22). The van der Waals surface area contributed by atoms with E-state index >= 15 is 0 Å². The van der Waals surface area contributed by atoms with E-state index < -0.39 is 11.9 Å². The number of imide groups is 1. The summed E-state index contributed by atoms with van der Waals surface area (Å²) in [6.45, 7) is 2.01. The molecule has 25 heavy (non-hydrogen) atoms. The Morgan fingerprint density at radius 3 is 2.52 bits per heavy atom. The van der Waals surface area contributed by atoms with E-state index in [1.807, 2.05) is 6.92 Å². The fourth-order valence-corrected chi connectivity index (χ4v) is 4.65. The van der Waals surface area contributed by atoms with Gasteiger partial charge < -0.3 is 16.8 Å². The first-order valence-electron chi connectivity index (χ1n) is 8.41. The number of nitrogens with zero attached hydrogens (tertiary/aromatic N) is 3. The molecule has 2 aliphatic carbocycles. The van der Waals surface area contributed by atoms with Crippen LogP contribution in [-0.4, -0.2) is 38.7 Å². The van der Waals surface area contributed by atoms with Gasteiger partial charge in [-0.25, -0.2) is 4.79 Å². The van der Waals surface area contributed by atoms with Crippen LogP contribution in [0.5, 0.6) is 0 Å². The van der Waals surface area contributed by atoms with E-state index in [4.69, 9.17) is 11.5 Å². The topological polar surface area (TPSA) is 149 Å². The molecule has 0 radical (unpaired) electrons. The highest BCUT2D eigenvalue weighted by molar-refractivity contribution is 7.99. The number of thioether (sulfide) groups is 1. The maximum Gasteiger partial charge on any atom is 0.321 e. The van der Waals surface area contributed by atoms with Gasteiger partial charge in [0.05, 0.1) is 5.75 Å². The van der Waals surface area contributed by atoms with Crippen molar-refractivity contribution < 1.29 is 9.59 Å². The van der Waals surface area contributed by atoms with Gasteiger partial charge >= 0.3 is 6.03 Å². The number of urea groups is 1. The minimum atomic E-state index is -0.462. The molecule has 2 aliphatic rings. The molecule has 10 heteroatoms. The van der Waals surface area contributed by atoms with Crippen molar-refractivity contribution >= 4 is 35.6 Å². The molecule has 6 N–H and O–H groups in total. The van der Waals surface area contributed by atoms with Crippen LogP contribution in [0.4, 0.5) is 16.7 Å². The lowest BCUT2D eigenvalue weighted by Crippen LogP contribution is -2.47. The predicted octanol–water partition coefficient (Wildman–Crippen LogP) is 0.779. The molecule has 2 bridgehead atoms. The number of nitrogens with two attached hydrogens (primary N) is 2. The molecule has 0 aliphatic heterocycles. The van der Waals surface area contributed by atoms with Gasteiger partial charge in [0.25, 0.3) is 0 Å². The fourth-order valence-electron chi connectivity index (χ4n) is 4.00. The molecule has 136 valence electrons. The second kappa shape index (κ2) is 7.42. The molecule has 0 aromatic carbocycles. The van der Waals surface area contributed by atoms with Gasteiger partial charge in [0, 0.05) is 6.04 Å². The van der Waals surface area contributed by atoms with Crippen molar-refractivity contribution in [2.24, 2.45) is 17.8 Å². The Balaban J connectivity index is 1.42. The number of carbonyl (C=O) groups excluding carboxylic acids is 2. The highest BCUT2D eigenvalue weighted by atomic mass is 32.2. The van der Waals surface area contributed by atoms with Gasteiger partial charge in [0.15, 0.2) is 5.16 Å². The maximum absolute atomic E-state index is 12.0. The monoisotopic (exact) mass is 365 g/mol. The first kappa shape index (κ1) is 17.7. The van der Waals surface area contributed by atoms with Gasteiger partial charge in [-0.15, -0.1) is 0 Å². The molecule has 0 spiro atoms. The highest BCUT2D eigenvalue weighted by Gasteiger charge is 2.42. The Bertz CT molecular complexity index is 651. The number of aromatic nitrogens is 3. The number of nitrogens with one attached hydrogen (secondary N) is 2. The maximum atomic E-state index is 12.0.